The SMILES string of the molecule is CCCc1cccc(C(CC2CCCCCC2)NN)c1. The Bertz CT molecular complexity index is 381. The molecular weight excluding hydrogens is 244 g/mol. The topological polar surface area (TPSA) is 38.0 Å². The van der Waals surface area contributed by atoms with Crippen LogP contribution < -0.4 is 11.3 Å². The van der Waals surface area contributed by atoms with Crippen molar-refractivity contribution in [2.45, 2.75) is 70.8 Å². The molecular formula is C18H30N2. The van der Waals surface area contributed by atoms with Crippen LogP contribution in [0.3, 0.4) is 0 Å². The first kappa shape index (κ1) is 15.5. The van der Waals surface area contributed by atoms with Crippen LogP contribution in [-0.4, -0.2) is 0 Å². The number of nitrogens with two attached hydrogens (primary N) is 1. The van der Waals surface area contributed by atoms with Crippen LogP contribution in [0.4, 0.5) is 0 Å². The first-order chi connectivity index (χ1) is 9.83. The number of rotatable bonds is 6. The third-order valence-corrected chi connectivity index (χ3v) is 4.64. The van der Waals surface area contributed by atoms with E-state index in [4.69, 9.17) is 5.84 Å². The number of nitrogens with one attached hydrogen (secondary N) is 1. The molecule has 0 radical (unpaired) electrons. The molecule has 1 aliphatic rings. The summed E-state index contributed by atoms with van der Waals surface area (Å²) in [6, 6.07) is 9.28. The van der Waals surface area contributed by atoms with Crippen molar-refractivity contribution in [3.63, 3.8) is 0 Å². The molecule has 1 aromatic rings. The summed E-state index contributed by atoms with van der Waals surface area (Å²) in [7, 11) is 0. The zero-order valence-electron chi connectivity index (χ0n) is 12.9. The first-order valence-corrected chi connectivity index (χ1v) is 8.38. The molecule has 2 nitrogen and oxygen atoms in total. The number of hydrazine groups is 1. The second kappa shape index (κ2) is 8.43. The molecule has 3 N–H and O–H groups in total. The Labute approximate surface area is 124 Å². The van der Waals surface area contributed by atoms with Gasteiger partial charge in [-0.3, -0.25) is 11.3 Å². The molecule has 1 aliphatic carbocycles. The second-order valence-electron chi connectivity index (χ2n) is 6.31. The fourth-order valence-electron chi connectivity index (χ4n) is 3.49. The molecule has 1 saturated carbocycles. The van der Waals surface area contributed by atoms with E-state index in [1.54, 1.807) is 0 Å². The van der Waals surface area contributed by atoms with Crippen molar-refractivity contribution in [1.82, 2.24) is 5.43 Å². The lowest BCUT2D eigenvalue weighted by atomic mass is 9.89. The third-order valence-electron chi connectivity index (χ3n) is 4.64. The van der Waals surface area contributed by atoms with Gasteiger partial charge >= 0.3 is 0 Å². The number of hydrogen-bond acceptors (Lipinski definition) is 2. The Kier molecular flexibility index (Phi) is 6.55. The van der Waals surface area contributed by atoms with Crippen LogP contribution in [0, 0.1) is 5.92 Å². The average molecular weight is 274 g/mol. The summed E-state index contributed by atoms with van der Waals surface area (Å²) < 4.78 is 0. The maximum Gasteiger partial charge on any atom is 0.0462 e. The standard InChI is InChI=1S/C18H30N2/c1-2-8-15-11-7-12-17(13-15)18(20-19)14-16-9-5-3-4-6-10-16/h7,11-13,16,18,20H,2-6,8-10,14,19H2,1H3. The van der Waals surface area contributed by atoms with Gasteiger partial charge in [-0.2, -0.15) is 0 Å². The summed E-state index contributed by atoms with van der Waals surface area (Å²) in [5.41, 5.74) is 5.86. The highest BCUT2D eigenvalue weighted by atomic mass is 15.2. The molecule has 2 heteroatoms. The first-order valence-electron chi connectivity index (χ1n) is 8.38. The highest BCUT2D eigenvalue weighted by Crippen LogP contribution is 2.31. The highest BCUT2D eigenvalue weighted by Gasteiger charge is 2.18. The highest BCUT2D eigenvalue weighted by molar-refractivity contribution is 5.26. The minimum absolute atomic E-state index is 0.315. The normalized spacial score (nSPS) is 18.7. The van der Waals surface area contributed by atoms with Gasteiger partial charge in [0.25, 0.3) is 0 Å². The van der Waals surface area contributed by atoms with Crippen LogP contribution in [0.5, 0.6) is 0 Å². The average Bonchev–Trinajstić information content (AvgIpc) is 2.74. The Morgan fingerprint density at radius 1 is 1.20 bits per heavy atom. The Morgan fingerprint density at radius 2 is 1.95 bits per heavy atom. The van der Waals surface area contributed by atoms with Crippen LogP contribution in [0.25, 0.3) is 0 Å². The van der Waals surface area contributed by atoms with E-state index in [1.807, 2.05) is 0 Å². The summed E-state index contributed by atoms with van der Waals surface area (Å²) in [6.45, 7) is 2.23. The largest absolute Gasteiger partial charge is 0.271 e. The van der Waals surface area contributed by atoms with Gasteiger partial charge in [0.2, 0.25) is 0 Å². The molecule has 0 aliphatic heterocycles. The molecule has 1 unspecified atom stereocenters. The zero-order chi connectivity index (χ0) is 14.2. The summed E-state index contributed by atoms with van der Waals surface area (Å²) in [4.78, 5) is 0. The minimum atomic E-state index is 0.315. The summed E-state index contributed by atoms with van der Waals surface area (Å²) in [5.74, 6) is 6.68. The molecule has 0 spiro atoms. The fourth-order valence-corrected chi connectivity index (χ4v) is 3.49. The van der Waals surface area contributed by atoms with E-state index < -0.39 is 0 Å². The lowest BCUT2D eigenvalue weighted by Gasteiger charge is -2.23. The van der Waals surface area contributed by atoms with E-state index in [0.717, 1.165) is 12.3 Å². The van der Waals surface area contributed by atoms with Gasteiger partial charge in [-0.05, 0) is 29.9 Å². The second-order valence-corrected chi connectivity index (χ2v) is 6.31. The van der Waals surface area contributed by atoms with E-state index in [0.29, 0.717) is 6.04 Å². The van der Waals surface area contributed by atoms with Crippen molar-refractivity contribution in [2.75, 3.05) is 0 Å². The quantitative estimate of drug-likeness (QED) is 0.455. The molecule has 0 heterocycles. The molecule has 112 valence electrons. The molecule has 2 rings (SSSR count). The zero-order valence-corrected chi connectivity index (χ0v) is 12.9. The third kappa shape index (κ3) is 4.60. The lowest BCUT2D eigenvalue weighted by molar-refractivity contribution is 0.359. The van der Waals surface area contributed by atoms with Gasteiger partial charge in [-0.15, -0.1) is 0 Å². The lowest BCUT2D eigenvalue weighted by Crippen LogP contribution is -2.29. The maximum absolute atomic E-state index is 5.84. The number of hydrogen-bond donors (Lipinski definition) is 2. The fraction of sp³-hybridized carbons (Fsp3) is 0.667. The van der Waals surface area contributed by atoms with E-state index >= 15 is 0 Å². The van der Waals surface area contributed by atoms with Crippen molar-refractivity contribution < 1.29 is 0 Å². The van der Waals surface area contributed by atoms with Crippen molar-refractivity contribution in [3.8, 4) is 0 Å². The Balaban J connectivity index is 2.01. The van der Waals surface area contributed by atoms with Crippen molar-refractivity contribution in [1.29, 1.82) is 0 Å². The van der Waals surface area contributed by atoms with Gasteiger partial charge < -0.3 is 0 Å². The summed E-state index contributed by atoms with van der Waals surface area (Å²) in [6.07, 6.45) is 12.0. The van der Waals surface area contributed by atoms with Gasteiger partial charge in [-0.25, -0.2) is 0 Å². The van der Waals surface area contributed by atoms with Crippen molar-refractivity contribution >= 4 is 0 Å². The number of benzene rings is 1. The summed E-state index contributed by atoms with van der Waals surface area (Å²) >= 11 is 0. The molecule has 1 aromatic carbocycles. The van der Waals surface area contributed by atoms with Crippen molar-refractivity contribution in [2.24, 2.45) is 11.8 Å². The Hall–Kier alpha value is -0.860. The summed E-state index contributed by atoms with van der Waals surface area (Å²) in [5, 5.41) is 0. The van der Waals surface area contributed by atoms with E-state index in [1.165, 1.54) is 62.5 Å². The van der Waals surface area contributed by atoms with Crippen LogP contribution in [0.1, 0.15) is 75.5 Å². The predicted molar refractivity (Wildman–Crippen MR) is 86.3 cm³/mol. The minimum Gasteiger partial charge on any atom is -0.271 e. The van der Waals surface area contributed by atoms with Crippen LogP contribution >= 0.6 is 0 Å². The maximum atomic E-state index is 5.84. The van der Waals surface area contributed by atoms with Crippen LogP contribution in [-0.2, 0) is 6.42 Å². The molecule has 20 heavy (non-hydrogen) atoms. The van der Waals surface area contributed by atoms with Crippen LogP contribution in [0.2, 0.25) is 0 Å². The van der Waals surface area contributed by atoms with Gasteiger partial charge in [-0.1, -0.05) is 76.1 Å². The smallest absolute Gasteiger partial charge is 0.0462 e. The van der Waals surface area contributed by atoms with E-state index in [2.05, 4.69) is 36.6 Å². The molecule has 0 amide bonds. The predicted octanol–water partition coefficient (Wildman–Crippen LogP) is 4.50. The molecule has 0 bridgehead atoms. The van der Waals surface area contributed by atoms with Gasteiger partial charge in [0, 0.05) is 6.04 Å². The van der Waals surface area contributed by atoms with Gasteiger partial charge in [0.1, 0.15) is 0 Å². The van der Waals surface area contributed by atoms with Gasteiger partial charge in [0.05, 0.1) is 0 Å². The van der Waals surface area contributed by atoms with E-state index in [-0.39, 0.29) is 0 Å². The Morgan fingerprint density at radius 3 is 2.60 bits per heavy atom. The molecule has 0 aromatic heterocycles. The monoisotopic (exact) mass is 274 g/mol. The van der Waals surface area contributed by atoms with Crippen LogP contribution in [0.15, 0.2) is 24.3 Å². The molecule has 0 saturated heterocycles. The van der Waals surface area contributed by atoms with Gasteiger partial charge in [0.15, 0.2) is 0 Å². The number of aryl methyl sites for hydroxylation is 1. The van der Waals surface area contributed by atoms with Crippen molar-refractivity contribution in [3.05, 3.63) is 35.4 Å². The molecule has 1 fully saturated rings. The molecule has 1 atom stereocenters. The van der Waals surface area contributed by atoms with E-state index in [9.17, 15) is 0 Å².